The molecule has 0 aliphatic carbocycles. The van der Waals surface area contributed by atoms with Gasteiger partial charge in [-0.2, -0.15) is 0 Å². The van der Waals surface area contributed by atoms with E-state index in [9.17, 15) is 5.11 Å². The molecule has 116 valence electrons. The molecule has 3 nitrogen and oxygen atoms in total. The van der Waals surface area contributed by atoms with Crippen molar-refractivity contribution in [3.05, 3.63) is 59.7 Å². The Kier molecular flexibility index (Phi) is 3.24. The number of aromatic hydroxyl groups is 1. The van der Waals surface area contributed by atoms with Crippen molar-refractivity contribution in [1.82, 2.24) is 4.40 Å². The number of benzene rings is 1. The lowest BCUT2D eigenvalue weighted by Gasteiger charge is -2.05. The van der Waals surface area contributed by atoms with Crippen LogP contribution in [0.15, 0.2) is 48.5 Å². The predicted molar refractivity (Wildman–Crippen MR) is 93.3 cm³/mol. The van der Waals surface area contributed by atoms with E-state index in [0.717, 1.165) is 12.0 Å². The summed E-state index contributed by atoms with van der Waals surface area (Å²) in [6.07, 6.45) is 0.969. The van der Waals surface area contributed by atoms with E-state index in [4.69, 9.17) is 4.74 Å². The lowest BCUT2D eigenvalue weighted by atomic mass is 9.99. The summed E-state index contributed by atoms with van der Waals surface area (Å²) in [5.41, 5.74) is 8.62. The molecule has 0 saturated heterocycles. The van der Waals surface area contributed by atoms with Gasteiger partial charge in [-0.3, -0.25) is 0 Å². The van der Waals surface area contributed by atoms with Crippen molar-refractivity contribution >= 4 is 16.6 Å². The molecule has 0 unspecified atom stereocenters. The summed E-state index contributed by atoms with van der Waals surface area (Å²) in [6, 6.07) is 16.1. The number of aromatic nitrogens is 1. The fourth-order valence-corrected chi connectivity index (χ4v) is 3.60. The average Bonchev–Trinajstić information content (AvgIpc) is 3.08. The number of phenolic OH excluding ortho intramolecular Hbond substituents is 1. The summed E-state index contributed by atoms with van der Waals surface area (Å²) in [4.78, 5) is 0. The molecular weight excluding hydrogens is 286 g/mol. The Labute approximate surface area is 135 Å². The van der Waals surface area contributed by atoms with Gasteiger partial charge >= 0.3 is 0 Å². The zero-order valence-corrected chi connectivity index (χ0v) is 13.3. The lowest BCUT2D eigenvalue weighted by molar-refractivity contribution is 0.186. The topological polar surface area (TPSA) is 33.9 Å². The lowest BCUT2D eigenvalue weighted by Crippen LogP contribution is -1.89. The highest BCUT2D eigenvalue weighted by molar-refractivity contribution is 5.96. The van der Waals surface area contributed by atoms with Crippen LogP contribution in [0, 0.1) is 0 Å². The fourth-order valence-electron chi connectivity index (χ4n) is 3.60. The first-order chi connectivity index (χ1) is 11.2. The molecule has 23 heavy (non-hydrogen) atoms. The van der Waals surface area contributed by atoms with Crippen molar-refractivity contribution in [2.75, 3.05) is 7.11 Å². The molecule has 1 N–H and O–H groups in total. The van der Waals surface area contributed by atoms with Gasteiger partial charge in [0, 0.05) is 18.2 Å². The van der Waals surface area contributed by atoms with Gasteiger partial charge in [0.15, 0.2) is 0 Å². The molecule has 0 saturated carbocycles. The molecule has 3 aromatic heterocycles. The van der Waals surface area contributed by atoms with Gasteiger partial charge in [0.2, 0.25) is 0 Å². The Morgan fingerprint density at radius 2 is 1.74 bits per heavy atom. The third-order valence-corrected chi connectivity index (χ3v) is 4.55. The zero-order valence-electron chi connectivity index (χ0n) is 13.3. The fraction of sp³-hybridized carbons (Fsp3) is 0.200. The number of ether oxygens (including phenoxy) is 1. The van der Waals surface area contributed by atoms with Crippen LogP contribution in [0.2, 0.25) is 0 Å². The van der Waals surface area contributed by atoms with Gasteiger partial charge in [0.25, 0.3) is 0 Å². The number of methoxy groups -OCH3 is 1. The normalized spacial score (nSPS) is 11.7. The number of nitrogens with zero attached hydrogens (tertiary/aromatic N) is 1. The van der Waals surface area contributed by atoms with E-state index in [2.05, 4.69) is 35.6 Å². The molecule has 3 heterocycles. The molecular formula is C20H19NO2. The van der Waals surface area contributed by atoms with Crippen LogP contribution in [-0.2, 0) is 17.8 Å². The quantitative estimate of drug-likeness (QED) is 0.597. The second-order valence-electron chi connectivity index (χ2n) is 5.87. The van der Waals surface area contributed by atoms with E-state index in [0.29, 0.717) is 12.4 Å². The zero-order chi connectivity index (χ0) is 16.0. The molecule has 0 aliphatic rings. The summed E-state index contributed by atoms with van der Waals surface area (Å²) >= 11 is 0. The maximum atomic E-state index is 9.59. The number of rotatable bonds is 4. The van der Waals surface area contributed by atoms with E-state index in [-0.39, 0.29) is 0 Å². The smallest absolute Gasteiger partial charge is 0.115 e. The van der Waals surface area contributed by atoms with E-state index < -0.39 is 0 Å². The minimum atomic E-state index is 0.295. The monoisotopic (exact) mass is 305 g/mol. The van der Waals surface area contributed by atoms with Crippen LogP contribution >= 0.6 is 0 Å². The third-order valence-electron chi connectivity index (χ3n) is 4.55. The molecule has 3 heteroatoms. The Balaban J connectivity index is 2.09. The number of hydrogen-bond acceptors (Lipinski definition) is 2. The maximum absolute atomic E-state index is 9.59. The van der Waals surface area contributed by atoms with E-state index in [1.165, 1.54) is 33.2 Å². The molecule has 0 radical (unpaired) electrons. The Morgan fingerprint density at radius 1 is 1.00 bits per heavy atom. The van der Waals surface area contributed by atoms with Crippen molar-refractivity contribution in [1.29, 1.82) is 0 Å². The second-order valence-corrected chi connectivity index (χ2v) is 5.87. The Morgan fingerprint density at radius 3 is 2.43 bits per heavy atom. The van der Waals surface area contributed by atoms with E-state index in [1.54, 1.807) is 19.2 Å². The highest BCUT2D eigenvalue weighted by Gasteiger charge is 2.20. The van der Waals surface area contributed by atoms with Crippen LogP contribution in [-0.4, -0.2) is 16.6 Å². The van der Waals surface area contributed by atoms with Gasteiger partial charge in [-0.15, -0.1) is 0 Å². The molecule has 0 spiro atoms. The van der Waals surface area contributed by atoms with Crippen LogP contribution in [0.25, 0.3) is 27.7 Å². The van der Waals surface area contributed by atoms with Gasteiger partial charge in [0.05, 0.1) is 23.2 Å². The summed E-state index contributed by atoms with van der Waals surface area (Å²) in [5, 5.41) is 9.59. The molecule has 0 fully saturated rings. The highest BCUT2D eigenvalue weighted by Crippen LogP contribution is 2.39. The van der Waals surface area contributed by atoms with Gasteiger partial charge in [-0.25, -0.2) is 0 Å². The summed E-state index contributed by atoms with van der Waals surface area (Å²) in [5.74, 6) is 0.295. The van der Waals surface area contributed by atoms with Gasteiger partial charge in [-0.1, -0.05) is 25.1 Å². The molecule has 4 aromatic rings. The van der Waals surface area contributed by atoms with Crippen molar-refractivity contribution in [3.63, 3.8) is 0 Å². The van der Waals surface area contributed by atoms with Crippen LogP contribution in [0.5, 0.6) is 5.75 Å². The van der Waals surface area contributed by atoms with Crippen LogP contribution in [0.1, 0.15) is 18.1 Å². The van der Waals surface area contributed by atoms with Gasteiger partial charge in [0.1, 0.15) is 5.75 Å². The Hall–Kier alpha value is -2.52. The molecule has 1 aromatic carbocycles. The molecule has 0 bridgehead atoms. The van der Waals surface area contributed by atoms with Crippen molar-refractivity contribution in [2.45, 2.75) is 20.0 Å². The number of pyridine rings is 1. The number of phenols is 1. The first-order valence-electron chi connectivity index (χ1n) is 7.90. The average molecular weight is 305 g/mol. The summed E-state index contributed by atoms with van der Waals surface area (Å²) in [6.45, 7) is 2.80. The molecule has 0 atom stereocenters. The number of aryl methyl sites for hydroxylation is 1. The molecule has 4 rings (SSSR count). The third kappa shape index (κ3) is 2.01. The van der Waals surface area contributed by atoms with E-state index >= 15 is 0 Å². The van der Waals surface area contributed by atoms with Crippen molar-refractivity contribution in [3.8, 4) is 16.9 Å². The molecule has 0 aliphatic heterocycles. The van der Waals surface area contributed by atoms with Crippen LogP contribution in [0.4, 0.5) is 0 Å². The highest BCUT2D eigenvalue weighted by atomic mass is 16.5. The molecule has 0 amide bonds. The largest absolute Gasteiger partial charge is 0.508 e. The predicted octanol–water partition coefficient (Wildman–Crippen LogP) is 4.61. The SMILES string of the molecule is CCc1c(-c2ccc(O)cc2)c2cc(COC)c3cccc1n32. The van der Waals surface area contributed by atoms with Crippen molar-refractivity contribution in [2.24, 2.45) is 0 Å². The first-order valence-corrected chi connectivity index (χ1v) is 7.90. The van der Waals surface area contributed by atoms with Gasteiger partial charge in [-0.05, 0) is 47.9 Å². The standard InChI is InChI=1S/C20H19NO2/c1-3-16-18-6-4-5-17-14(12-23-2)11-19(21(17)18)20(16)13-7-9-15(22)10-8-13/h4-11,22H,3,12H2,1-2H3. The maximum Gasteiger partial charge on any atom is 0.115 e. The van der Waals surface area contributed by atoms with Crippen LogP contribution in [0.3, 0.4) is 0 Å². The summed E-state index contributed by atoms with van der Waals surface area (Å²) < 4.78 is 7.69. The van der Waals surface area contributed by atoms with Crippen molar-refractivity contribution < 1.29 is 9.84 Å². The summed E-state index contributed by atoms with van der Waals surface area (Å²) in [7, 11) is 1.73. The minimum absolute atomic E-state index is 0.295. The number of hydrogen-bond donors (Lipinski definition) is 1. The van der Waals surface area contributed by atoms with Gasteiger partial charge < -0.3 is 14.2 Å². The second kappa shape index (κ2) is 5.28. The van der Waals surface area contributed by atoms with E-state index in [1.807, 2.05) is 12.1 Å². The Bertz CT molecular complexity index is 967. The minimum Gasteiger partial charge on any atom is -0.508 e. The first kappa shape index (κ1) is 14.1. The van der Waals surface area contributed by atoms with Crippen LogP contribution < -0.4 is 0 Å².